The molecule has 0 aliphatic heterocycles. The van der Waals surface area contributed by atoms with Gasteiger partial charge in [0.1, 0.15) is 11.5 Å². The fourth-order valence-electron chi connectivity index (χ4n) is 1.82. The number of nitrogens with two attached hydrogens (primary N) is 1. The first kappa shape index (κ1) is 13.7. The van der Waals surface area contributed by atoms with E-state index in [9.17, 15) is 8.78 Å². The second kappa shape index (κ2) is 4.77. The largest absolute Gasteiger partial charge is 0.382 e. The molecule has 4 nitrogen and oxygen atoms in total. The number of nitrogens with zero attached hydrogens (tertiary/aromatic N) is 2. The van der Waals surface area contributed by atoms with E-state index in [2.05, 4.69) is 5.10 Å². The van der Waals surface area contributed by atoms with Crippen LogP contribution in [0.15, 0.2) is 18.2 Å². The summed E-state index contributed by atoms with van der Waals surface area (Å²) in [5, 5.41) is 12.7. The first-order valence-electron chi connectivity index (χ1n) is 5.66. The minimum Gasteiger partial charge on any atom is -0.382 e. The molecular weight excluding hydrogens is 274 g/mol. The summed E-state index contributed by atoms with van der Waals surface area (Å²) in [7, 11) is 0. The molecule has 0 radical (unpaired) electrons. The molecule has 1 aromatic heterocycles. The number of rotatable bonds is 4. The lowest BCUT2D eigenvalue weighted by Gasteiger charge is -2.10. The van der Waals surface area contributed by atoms with Crippen molar-refractivity contribution in [2.24, 2.45) is 5.73 Å². The number of nitrogens with one attached hydrogen (secondary N) is 1. The van der Waals surface area contributed by atoms with Crippen LogP contribution in [-0.4, -0.2) is 21.5 Å². The van der Waals surface area contributed by atoms with Gasteiger partial charge in [-0.25, -0.2) is 8.78 Å². The summed E-state index contributed by atoms with van der Waals surface area (Å²) >= 11 is 5.90. The second-order valence-electron chi connectivity index (χ2n) is 4.47. The number of benzene rings is 1. The van der Waals surface area contributed by atoms with Gasteiger partial charge < -0.3 is 5.73 Å². The van der Waals surface area contributed by atoms with Crippen LogP contribution in [0, 0.1) is 5.41 Å². The summed E-state index contributed by atoms with van der Waals surface area (Å²) in [6.45, 7) is 0.894. The molecule has 19 heavy (non-hydrogen) atoms. The summed E-state index contributed by atoms with van der Waals surface area (Å²) < 4.78 is 27.2. The van der Waals surface area contributed by atoms with Crippen molar-refractivity contribution in [2.75, 3.05) is 0 Å². The zero-order valence-electron chi connectivity index (χ0n) is 10.3. The Bertz CT molecular complexity index is 630. The Morgan fingerprint density at radius 3 is 2.79 bits per heavy atom. The molecule has 0 saturated carbocycles. The van der Waals surface area contributed by atoms with Gasteiger partial charge in [0.05, 0.1) is 5.52 Å². The number of hydrogen-bond donors (Lipinski definition) is 2. The number of aromatic nitrogens is 2. The first-order valence-corrected chi connectivity index (χ1v) is 6.04. The van der Waals surface area contributed by atoms with Crippen molar-refractivity contribution in [3.63, 3.8) is 0 Å². The summed E-state index contributed by atoms with van der Waals surface area (Å²) in [6, 6.07) is 4.96. The molecule has 0 aliphatic rings. The number of nitrogen functional groups attached to an aromatic ring is 1. The molecule has 7 heteroatoms. The Balaban J connectivity index is 2.48. The Kier molecular flexibility index (Phi) is 3.45. The van der Waals surface area contributed by atoms with Gasteiger partial charge in [0.25, 0.3) is 0 Å². The maximum absolute atomic E-state index is 12.9. The van der Waals surface area contributed by atoms with Gasteiger partial charge in [-0.2, -0.15) is 5.10 Å². The van der Waals surface area contributed by atoms with E-state index >= 15 is 0 Å². The van der Waals surface area contributed by atoms with Crippen molar-refractivity contribution >= 4 is 28.3 Å². The van der Waals surface area contributed by atoms with E-state index in [0.29, 0.717) is 15.9 Å². The summed E-state index contributed by atoms with van der Waals surface area (Å²) in [5.41, 5.74) is 6.32. The lowest BCUT2D eigenvalue weighted by atomic mass is 10.2. The summed E-state index contributed by atoms with van der Waals surface area (Å²) in [6.07, 6.45) is -0.340. The predicted molar refractivity (Wildman–Crippen MR) is 71.0 cm³/mol. The van der Waals surface area contributed by atoms with Crippen LogP contribution in [0.2, 0.25) is 5.02 Å². The van der Waals surface area contributed by atoms with Gasteiger partial charge in [-0.15, -0.1) is 0 Å². The van der Waals surface area contributed by atoms with Crippen LogP contribution >= 0.6 is 11.6 Å². The molecule has 0 unspecified atom stereocenters. The van der Waals surface area contributed by atoms with E-state index in [-0.39, 0.29) is 24.5 Å². The molecule has 0 spiro atoms. The van der Waals surface area contributed by atoms with Gasteiger partial charge in [0, 0.05) is 23.4 Å². The van der Waals surface area contributed by atoms with Gasteiger partial charge in [-0.1, -0.05) is 11.6 Å². The molecule has 0 saturated heterocycles. The Hall–Kier alpha value is -1.69. The highest BCUT2D eigenvalue weighted by molar-refractivity contribution is 6.31. The zero-order chi connectivity index (χ0) is 14.2. The van der Waals surface area contributed by atoms with Crippen LogP contribution in [0.4, 0.5) is 8.78 Å². The zero-order valence-corrected chi connectivity index (χ0v) is 11.0. The number of alkyl halides is 2. The highest BCUT2D eigenvalue weighted by Gasteiger charge is 2.22. The minimum absolute atomic E-state index is 0.0353. The molecule has 2 rings (SSSR count). The van der Waals surface area contributed by atoms with Crippen LogP contribution in [0.1, 0.15) is 19.0 Å². The molecule has 0 amide bonds. The molecule has 102 valence electrons. The van der Waals surface area contributed by atoms with Crippen LogP contribution in [0.3, 0.4) is 0 Å². The smallest absolute Gasteiger partial charge is 0.247 e. The number of aryl methyl sites for hydroxylation is 1. The number of hydrogen-bond acceptors (Lipinski definition) is 2. The normalized spacial score (nSPS) is 12.0. The molecule has 2 aromatic rings. The molecule has 0 aliphatic carbocycles. The highest BCUT2D eigenvalue weighted by Crippen LogP contribution is 2.24. The van der Waals surface area contributed by atoms with Gasteiger partial charge >= 0.3 is 0 Å². The summed E-state index contributed by atoms with van der Waals surface area (Å²) in [4.78, 5) is 0. The van der Waals surface area contributed by atoms with Crippen molar-refractivity contribution in [1.82, 2.24) is 9.78 Å². The maximum atomic E-state index is 12.9. The van der Waals surface area contributed by atoms with Crippen LogP contribution < -0.4 is 5.73 Å². The predicted octanol–water partition coefficient (Wildman–Crippen LogP) is 3.02. The van der Waals surface area contributed by atoms with E-state index in [4.69, 9.17) is 22.7 Å². The highest BCUT2D eigenvalue weighted by atomic mass is 35.5. The molecule has 0 atom stereocenters. The van der Waals surface area contributed by atoms with Gasteiger partial charge in [0.2, 0.25) is 5.92 Å². The number of amidine groups is 1. The van der Waals surface area contributed by atoms with Crippen molar-refractivity contribution in [3.05, 3.63) is 28.9 Å². The van der Waals surface area contributed by atoms with Gasteiger partial charge in [-0.3, -0.25) is 10.1 Å². The van der Waals surface area contributed by atoms with Crippen LogP contribution in [-0.2, 0) is 6.54 Å². The van der Waals surface area contributed by atoms with Crippen LogP contribution in [0.5, 0.6) is 0 Å². The molecule has 0 bridgehead atoms. The average molecular weight is 287 g/mol. The van der Waals surface area contributed by atoms with E-state index in [1.165, 1.54) is 4.68 Å². The average Bonchev–Trinajstić information content (AvgIpc) is 2.63. The Morgan fingerprint density at radius 1 is 1.53 bits per heavy atom. The van der Waals surface area contributed by atoms with E-state index in [0.717, 1.165) is 6.92 Å². The Morgan fingerprint density at radius 2 is 2.21 bits per heavy atom. The first-order chi connectivity index (χ1) is 8.78. The van der Waals surface area contributed by atoms with Crippen LogP contribution in [0.25, 0.3) is 10.9 Å². The monoisotopic (exact) mass is 286 g/mol. The minimum atomic E-state index is -2.77. The van der Waals surface area contributed by atoms with E-state index in [1.807, 2.05) is 0 Å². The molecular formula is C12H13ClF2N4. The maximum Gasteiger partial charge on any atom is 0.247 e. The molecule has 3 N–H and O–H groups in total. The van der Waals surface area contributed by atoms with E-state index in [1.54, 1.807) is 18.2 Å². The van der Waals surface area contributed by atoms with Crippen molar-refractivity contribution in [1.29, 1.82) is 5.41 Å². The SMILES string of the molecule is CC(F)(F)CCn1nc(C(=N)N)c2ccc(Cl)cc21. The number of fused-ring (bicyclic) bond motifs is 1. The topological polar surface area (TPSA) is 67.7 Å². The molecule has 1 heterocycles. The van der Waals surface area contributed by atoms with Crippen molar-refractivity contribution in [3.8, 4) is 0 Å². The summed E-state index contributed by atoms with van der Waals surface area (Å²) in [5.74, 6) is -2.97. The second-order valence-corrected chi connectivity index (χ2v) is 4.90. The third-order valence-corrected chi connectivity index (χ3v) is 2.97. The van der Waals surface area contributed by atoms with E-state index < -0.39 is 5.92 Å². The lowest BCUT2D eigenvalue weighted by molar-refractivity contribution is 0.00813. The molecule has 0 fully saturated rings. The van der Waals surface area contributed by atoms with Crippen molar-refractivity contribution < 1.29 is 8.78 Å². The fraction of sp³-hybridized carbons (Fsp3) is 0.333. The fourth-order valence-corrected chi connectivity index (χ4v) is 1.99. The number of halogens is 3. The van der Waals surface area contributed by atoms with Crippen molar-refractivity contribution in [2.45, 2.75) is 25.8 Å². The third-order valence-electron chi connectivity index (χ3n) is 2.73. The van der Waals surface area contributed by atoms with Gasteiger partial charge in [-0.05, 0) is 25.1 Å². The third kappa shape index (κ3) is 3.01. The Labute approximate surface area is 113 Å². The van der Waals surface area contributed by atoms with Gasteiger partial charge in [0.15, 0.2) is 0 Å². The lowest BCUT2D eigenvalue weighted by Crippen LogP contribution is -2.16. The molecule has 1 aromatic carbocycles. The standard InChI is InChI=1S/C12H13ClF2N4/c1-12(14,15)4-5-19-9-6-7(13)2-3-8(9)10(18-19)11(16)17/h2-3,6H,4-5H2,1H3,(H3,16,17). The quantitative estimate of drug-likeness (QED) is 0.670.